The van der Waals surface area contributed by atoms with Gasteiger partial charge in [0.15, 0.2) is 0 Å². The molecule has 1 heterocycles. The van der Waals surface area contributed by atoms with Crippen LogP contribution in [0.1, 0.15) is 5.69 Å². The number of nitrogens with two attached hydrogens (primary N) is 1. The van der Waals surface area contributed by atoms with Crippen molar-refractivity contribution in [2.24, 2.45) is 5.73 Å². The third kappa shape index (κ3) is 1.63. The number of rotatable bonds is 2. The van der Waals surface area contributed by atoms with Gasteiger partial charge in [-0.15, -0.1) is 0 Å². The highest BCUT2D eigenvalue weighted by Gasteiger charge is 2.04. The first-order chi connectivity index (χ1) is 6.92. The van der Waals surface area contributed by atoms with Gasteiger partial charge < -0.3 is 5.73 Å². The van der Waals surface area contributed by atoms with Crippen LogP contribution in [0.4, 0.5) is 0 Å². The van der Waals surface area contributed by atoms with Gasteiger partial charge in [-0.3, -0.25) is 9.97 Å². The molecule has 0 fully saturated rings. The third-order valence-corrected chi connectivity index (χ3v) is 2.01. The Hall–Kier alpha value is -1.74. The summed E-state index contributed by atoms with van der Waals surface area (Å²) in [7, 11) is 0. The summed E-state index contributed by atoms with van der Waals surface area (Å²) in [6, 6.07) is 9.93. The smallest absolute Gasteiger partial charge is 0.0930 e. The van der Waals surface area contributed by atoms with Crippen LogP contribution in [0.3, 0.4) is 0 Å². The summed E-state index contributed by atoms with van der Waals surface area (Å²) >= 11 is 0. The molecule has 0 aliphatic heterocycles. The van der Waals surface area contributed by atoms with E-state index in [1.165, 1.54) is 0 Å². The molecule has 1 aromatic carbocycles. The Kier molecular flexibility index (Phi) is 2.51. The summed E-state index contributed by atoms with van der Waals surface area (Å²) in [5, 5.41) is 0. The largest absolute Gasteiger partial charge is 0.325 e. The predicted octanol–water partition coefficient (Wildman–Crippen LogP) is 1.60. The van der Waals surface area contributed by atoms with Gasteiger partial charge in [0.25, 0.3) is 0 Å². The topological polar surface area (TPSA) is 51.8 Å². The lowest BCUT2D eigenvalue weighted by Gasteiger charge is -2.04. The predicted molar refractivity (Wildman–Crippen MR) is 55.4 cm³/mol. The normalized spacial score (nSPS) is 10.1. The molecule has 2 rings (SSSR count). The Morgan fingerprint density at radius 3 is 2.43 bits per heavy atom. The molecule has 0 atom stereocenters. The van der Waals surface area contributed by atoms with E-state index in [-0.39, 0.29) is 0 Å². The molecule has 0 amide bonds. The van der Waals surface area contributed by atoms with Crippen LogP contribution < -0.4 is 5.73 Å². The van der Waals surface area contributed by atoms with Gasteiger partial charge in [-0.2, -0.15) is 0 Å². The molecular weight excluding hydrogens is 174 g/mol. The lowest BCUT2D eigenvalue weighted by Crippen LogP contribution is -2.03. The van der Waals surface area contributed by atoms with E-state index in [0.29, 0.717) is 6.54 Å². The number of hydrogen-bond acceptors (Lipinski definition) is 3. The van der Waals surface area contributed by atoms with Crippen molar-refractivity contribution in [1.29, 1.82) is 0 Å². The van der Waals surface area contributed by atoms with Crippen molar-refractivity contribution in [2.45, 2.75) is 6.54 Å². The third-order valence-electron chi connectivity index (χ3n) is 2.01. The van der Waals surface area contributed by atoms with Crippen molar-refractivity contribution in [3.8, 4) is 11.3 Å². The lowest BCUT2D eigenvalue weighted by atomic mass is 10.1. The minimum absolute atomic E-state index is 0.415. The molecule has 14 heavy (non-hydrogen) atoms. The average molecular weight is 185 g/mol. The molecule has 3 heteroatoms. The Morgan fingerprint density at radius 2 is 1.71 bits per heavy atom. The fraction of sp³-hybridized carbons (Fsp3) is 0.0909. The second-order valence-electron chi connectivity index (χ2n) is 2.92. The molecule has 0 aliphatic carbocycles. The molecule has 0 unspecified atom stereocenters. The minimum atomic E-state index is 0.415. The summed E-state index contributed by atoms with van der Waals surface area (Å²) in [6.45, 7) is 0.415. The Labute approximate surface area is 82.6 Å². The van der Waals surface area contributed by atoms with Gasteiger partial charge in [0.05, 0.1) is 11.4 Å². The Bertz CT molecular complexity index is 412. The quantitative estimate of drug-likeness (QED) is 0.773. The minimum Gasteiger partial charge on any atom is -0.325 e. The first-order valence-electron chi connectivity index (χ1n) is 4.47. The van der Waals surface area contributed by atoms with Gasteiger partial charge in [-0.25, -0.2) is 0 Å². The van der Waals surface area contributed by atoms with E-state index < -0.39 is 0 Å². The van der Waals surface area contributed by atoms with Crippen LogP contribution in [0, 0.1) is 0 Å². The fourth-order valence-corrected chi connectivity index (χ4v) is 1.35. The van der Waals surface area contributed by atoms with Crippen LogP contribution in [0.25, 0.3) is 11.3 Å². The molecule has 0 saturated heterocycles. The van der Waals surface area contributed by atoms with Gasteiger partial charge in [0.1, 0.15) is 0 Å². The molecule has 3 nitrogen and oxygen atoms in total. The zero-order chi connectivity index (χ0) is 9.80. The van der Waals surface area contributed by atoms with Crippen LogP contribution in [-0.4, -0.2) is 9.97 Å². The maximum absolute atomic E-state index is 5.59. The standard InChI is InChI=1S/C11H11N3/c12-8-10-11(14-7-6-13-10)9-4-2-1-3-5-9/h1-7H,8,12H2. The van der Waals surface area contributed by atoms with Crippen LogP contribution in [-0.2, 0) is 6.54 Å². The number of benzene rings is 1. The summed E-state index contributed by atoms with van der Waals surface area (Å²) < 4.78 is 0. The SMILES string of the molecule is NCc1nccnc1-c1ccccc1. The maximum Gasteiger partial charge on any atom is 0.0930 e. The second-order valence-corrected chi connectivity index (χ2v) is 2.92. The van der Waals surface area contributed by atoms with Gasteiger partial charge in [-0.1, -0.05) is 30.3 Å². The van der Waals surface area contributed by atoms with Crippen molar-refractivity contribution in [3.05, 3.63) is 48.4 Å². The first kappa shape index (κ1) is 8.84. The summed E-state index contributed by atoms with van der Waals surface area (Å²) in [5.74, 6) is 0. The highest BCUT2D eigenvalue weighted by atomic mass is 14.8. The van der Waals surface area contributed by atoms with Crippen molar-refractivity contribution in [2.75, 3.05) is 0 Å². The van der Waals surface area contributed by atoms with Crippen LogP contribution in [0.2, 0.25) is 0 Å². The molecule has 0 saturated carbocycles. The van der Waals surface area contributed by atoms with Gasteiger partial charge in [0, 0.05) is 24.5 Å². The lowest BCUT2D eigenvalue weighted by molar-refractivity contribution is 0.969. The average Bonchev–Trinajstić information content (AvgIpc) is 2.30. The Balaban J connectivity index is 2.51. The molecule has 1 aromatic heterocycles. The monoisotopic (exact) mass is 185 g/mol. The van der Waals surface area contributed by atoms with E-state index in [9.17, 15) is 0 Å². The van der Waals surface area contributed by atoms with Crippen LogP contribution in [0.15, 0.2) is 42.7 Å². The zero-order valence-electron chi connectivity index (χ0n) is 7.72. The molecular formula is C11H11N3. The van der Waals surface area contributed by atoms with E-state index in [1.807, 2.05) is 30.3 Å². The highest BCUT2D eigenvalue weighted by Crippen LogP contribution is 2.18. The zero-order valence-corrected chi connectivity index (χ0v) is 7.72. The molecule has 0 spiro atoms. The number of hydrogen-bond donors (Lipinski definition) is 1. The molecule has 70 valence electrons. The molecule has 0 aliphatic rings. The van der Waals surface area contributed by atoms with Crippen LogP contribution in [0.5, 0.6) is 0 Å². The van der Waals surface area contributed by atoms with E-state index >= 15 is 0 Å². The van der Waals surface area contributed by atoms with Crippen LogP contribution >= 0.6 is 0 Å². The van der Waals surface area contributed by atoms with Crippen molar-refractivity contribution < 1.29 is 0 Å². The van der Waals surface area contributed by atoms with Gasteiger partial charge >= 0.3 is 0 Å². The number of nitrogens with zero attached hydrogens (tertiary/aromatic N) is 2. The Morgan fingerprint density at radius 1 is 1.00 bits per heavy atom. The van der Waals surface area contributed by atoms with Gasteiger partial charge in [-0.05, 0) is 0 Å². The van der Waals surface area contributed by atoms with Crippen molar-refractivity contribution in [3.63, 3.8) is 0 Å². The fourth-order valence-electron chi connectivity index (χ4n) is 1.35. The first-order valence-corrected chi connectivity index (χ1v) is 4.47. The van der Waals surface area contributed by atoms with E-state index in [1.54, 1.807) is 12.4 Å². The maximum atomic E-state index is 5.59. The highest BCUT2D eigenvalue weighted by molar-refractivity contribution is 5.60. The second kappa shape index (κ2) is 3.98. The molecule has 2 N–H and O–H groups in total. The van der Waals surface area contributed by atoms with Crippen molar-refractivity contribution >= 4 is 0 Å². The molecule has 0 bridgehead atoms. The van der Waals surface area contributed by atoms with E-state index in [0.717, 1.165) is 17.0 Å². The van der Waals surface area contributed by atoms with Crippen molar-refractivity contribution in [1.82, 2.24) is 9.97 Å². The van der Waals surface area contributed by atoms with Gasteiger partial charge in [0.2, 0.25) is 0 Å². The molecule has 0 radical (unpaired) electrons. The van der Waals surface area contributed by atoms with E-state index in [2.05, 4.69) is 9.97 Å². The van der Waals surface area contributed by atoms with E-state index in [4.69, 9.17) is 5.73 Å². The summed E-state index contributed by atoms with van der Waals surface area (Å²) in [5.41, 5.74) is 8.35. The summed E-state index contributed by atoms with van der Waals surface area (Å²) in [6.07, 6.45) is 3.34. The summed E-state index contributed by atoms with van der Waals surface area (Å²) in [4.78, 5) is 8.46. The number of aromatic nitrogens is 2. The molecule has 2 aromatic rings.